The molecule has 2 aromatic carbocycles. The fourth-order valence-corrected chi connectivity index (χ4v) is 2.99. The van der Waals surface area contributed by atoms with Gasteiger partial charge in [0.2, 0.25) is 5.91 Å². The maximum absolute atomic E-state index is 12.9. The average molecular weight is 377 g/mol. The van der Waals surface area contributed by atoms with Gasteiger partial charge in [0.15, 0.2) is 0 Å². The Morgan fingerprint density at radius 2 is 1.96 bits per heavy atom. The Kier molecular flexibility index (Phi) is 5.05. The van der Waals surface area contributed by atoms with E-state index in [2.05, 4.69) is 16.6 Å². The van der Waals surface area contributed by atoms with Crippen molar-refractivity contribution in [2.75, 3.05) is 19.0 Å². The zero-order chi connectivity index (χ0) is 20.3. The number of rotatable bonds is 5. The van der Waals surface area contributed by atoms with Crippen LogP contribution < -0.4 is 15.4 Å². The minimum atomic E-state index is -1.26. The molecule has 2 aromatic rings. The lowest BCUT2D eigenvalue weighted by atomic mass is 9.92. The molecule has 1 aliphatic rings. The van der Waals surface area contributed by atoms with Crippen LogP contribution in [0, 0.1) is 12.3 Å². The number of carbonyl (C=O) groups is 3. The fourth-order valence-electron chi connectivity index (χ4n) is 2.99. The van der Waals surface area contributed by atoms with E-state index in [0.717, 1.165) is 4.90 Å². The van der Waals surface area contributed by atoms with Gasteiger partial charge in [-0.05, 0) is 42.8 Å². The van der Waals surface area contributed by atoms with Gasteiger partial charge in [0.25, 0.3) is 5.91 Å². The number of amides is 4. The number of imide groups is 1. The number of nitrogens with one attached hydrogen (secondary N) is 2. The van der Waals surface area contributed by atoms with Crippen molar-refractivity contribution in [2.45, 2.75) is 12.5 Å². The first kappa shape index (κ1) is 19.0. The van der Waals surface area contributed by atoms with Gasteiger partial charge in [-0.3, -0.25) is 14.5 Å². The summed E-state index contributed by atoms with van der Waals surface area (Å²) in [6.45, 7) is 1.19. The molecule has 1 saturated heterocycles. The molecule has 0 radical (unpaired) electrons. The fraction of sp³-hybridized carbons (Fsp3) is 0.190. The van der Waals surface area contributed by atoms with E-state index in [4.69, 9.17) is 11.2 Å². The molecule has 1 atom stereocenters. The number of urea groups is 1. The van der Waals surface area contributed by atoms with Gasteiger partial charge in [-0.25, -0.2) is 4.79 Å². The van der Waals surface area contributed by atoms with Crippen molar-refractivity contribution in [2.24, 2.45) is 0 Å². The standard InChI is InChI=1S/C21H19N3O4/c1-4-14-6-5-7-16(12-14)22-18(25)13-24-19(26)21(2,23-20(24)27)15-8-10-17(28-3)11-9-15/h1,5-12H,13H2,2-3H3,(H,22,25)(H,23,27). The molecule has 0 bridgehead atoms. The van der Waals surface area contributed by atoms with Gasteiger partial charge < -0.3 is 15.4 Å². The van der Waals surface area contributed by atoms with Gasteiger partial charge in [-0.2, -0.15) is 0 Å². The van der Waals surface area contributed by atoms with Gasteiger partial charge in [-0.15, -0.1) is 6.42 Å². The molecule has 0 saturated carbocycles. The Hall–Kier alpha value is -3.79. The third-order valence-corrected chi connectivity index (χ3v) is 4.56. The second-order valence-corrected chi connectivity index (χ2v) is 6.45. The Morgan fingerprint density at radius 1 is 1.25 bits per heavy atom. The largest absolute Gasteiger partial charge is 0.497 e. The van der Waals surface area contributed by atoms with Crippen LogP contribution in [-0.2, 0) is 15.1 Å². The Balaban J connectivity index is 1.74. The van der Waals surface area contributed by atoms with Crippen molar-refractivity contribution in [3.63, 3.8) is 0 Å². The van der Waals surface area contributed by atoms with Crippen molar-refractivity contribution in [1.82, 2.24) is 10.2 Å². The molecule has 1 aliphatic heterocycles. The van der Waals surface area contributed by atoms with Crippen LogP contribution in [0.4, 0.5) is 10.5 Å². The van der Waals surface area contributed by atoms with Crippen LogP contribution in [0.15, 0.2) is 48.5 Å². The number of carbonyl (C=O) groups excluding carboxylic acids is 3. The highest BCUT2D eigenvalue weighted by molar-refractivity contribution is 6.10. The van der Waals surface area contributed by atoms with Crippen LogP contribution >= 0.6 is 0 Å². The summed E-state index contributed by atoms with van der Waals surface area (Å²) >= 11 is 0. The molecule has 1 heterocycles. The van der Waals surface area contributed by atoms with Crippen LogP contribution in [0.5, 0.6) is 5.75 Å². The van der Waals surface area contributed by atoms with Gasteiger partial charge in [0.1, 0.15) is 17.8 Å². The van der Waals surface area contributed by atoms with E-state index in [0.29, 0.717) is 22.6 Å². The number of hydrogen-bond donors (Lipinski definition) is 2. The topological polar surface area (TPSA) is 87.7 Å². The number of anilines is 1. The second-order valence-electron chi connectivity index (χ2n) is 6.45. The lowest BCUT2D eigenvalue weighted by Gasteiger charge is -2.22. The van der Waals surface area contributed by atoms with Gasteiger partial charge in [0.05, 0.1) is 7.11 Å². The maximum Gasteiger partial charge on any atom is 0.325 e. The SMILES string of the molecule is C#Cc1cccc(NC(=O)CN2C(=O)NC(C)(c3ccc(OC)cc3)C2=O)c1. The van der Waals surface area contributed by atoms with Crippen molar-refractivity contribution >= 4 is 23.5 Å². The van der Waals surface area contributed by atoms with Crippen LogP contribution in [0.25, 0.3) is 0 Å². The lowest BCUT2D eigenvalue weighted by molar-refractivity contribution is -0.133. The van der Waals surface area contributed by atoms with Crippen molar-refractivity contribution in [3.05, 3.63) is 59.7 Å². The van der Waals surface area contributed by atoms with E-state index in [9.17, 15) is 14.4 Å². The molecule has 1 unspecified atom stereocenters. The van der Waals surface area contributed by atoms with E-state index in [1.807, 2.05) is 0 Å². The summed E-state index contributed by atoms with van der Waals surface area (Å²) in [5, 5.41) is 5.30. The molecular weight excluding hydrogens is 358 g/mol. The molecule has 3 rings (SSSR count). The maximum atomic E-state index is 12.9. The quantitative estimate of drug-likeness (QED) is 0.617. The smallest absolute Gasteiger partial charge is 0.325 e. The monoisotopic (exact) mass is 377 g/mol. The molecule has 142 valence electrons. The molecule has 1 fully saturated rings. The molecule has 4 amide bonds. The lowest BCUT2D eigenvalue weighted by Crippen LogP contribution is -2.42. The predicted octanol–water partition coefficient (Wildman–Crippen LogP) is 2.08. The van der Waals surface area contributed by atoms with E-state index in [1.54, 1.807) is 62.6 Å². The third-order valence-electron chi connectivity index (χ3n) is 4.56. The summed E-state index contributed by atoms with van der Waals surface area (Å²) in [5.41, 5.74) is 0.439. The molecule has 7 nitrogen and oxygen atoms in total. The number of benzene rings is 2. The first-order valence-electron chi connectivity index (χ1n) is 8.52. The van der Waals surface area contributed by atoms with Crippen molar-refractivity contribution in [1.29, 1.82) is 0 Å². The summed E-state index contributed by atoms with van der Waals surface area (Å²) < 4.78 is 5.11. The zero-order valence-electron chi connectivity index (χ0n) is 15.5. The minimum absolute atomic E-state index is 0.406. The second kappa shape index (κ2) is 7.45. The van der Waals surface area contributed by atoms with E-state index >= 15 is 0 Å². The number of hydrogen-bond acceptors (Lipinski definition) is 4. The van der Waals surface area contributed by atoms with Crippen molar-refractivity contribution < 1.29 is 19.1 Å². The van der Waals surface area contributed by atoms with Crippen LogP contribution in [-0.4, -0.2) is 36.4 Å². The van der Waals surface area contributed by atoms with Gasteiger partial charge in [-0.1, -0.05) is 24.1 Å². The third kappa shape index (κ3) is 3.53. The summed E-state index contributed by atoms with van der Waals surface area (Å²) in [7, 11) is 1.54. The molecule has 0 aromatic heterocycles. The molecule has 28 heavy (non-hydrogen) atoms. The highest BCUT2D eigenvalue weighted by Gasteiger charge is 2.49. The highest BCUT2D eigenvalue weighted by atomic mass is 16.5. The molecule has 0 aliphatic carbocycles. The number of ether oxygens (including phenoxy) is 1. The molecular formula is C21H19N3O4. The summed E-state index contributed by atoms with van der Waals surface area (Å²) in [6.07, 6.45) is 5.34. The molecule has 2 N–H and O–H groups in total. The first-order valence-corrected chi connectivity index (χ1v) is 8.52. The minimum Gasteiger partial charge on any atom is -0.497 e. The Morgan fingerprint density at radius 3 is 2.61 bits per heavy atom. The van der Waals surface area contributed by atoms with Crippen LogP contribution in [0.1, 0.15) is 18.1 Å². The summed E-state index contributed by atoms with van der Waals surface area (Å²) in [4.78, 5) is 38.5. The van der Waals surface area contributed by atoms with Crippen LogP contribution in [0.2, 0.25) is 0 Å². The average Bonchev–Trinajstić information content (AvgIpc) is 2.92. The van der Waals surface area contributed by atoms with E-state index < -0.39 is 29.9 Å². The Labute approximate surface area is 162 Å². The molecule has 0 spiro atoms. The number of nitrogens with zero attached hydrogens (tertiary/aromatic N) is 1. The predicted molar refractivity (Wildman–Crippen MR) is 104 cm³/mol. The Bertz CT molecular complexity index is 978. The van der Waals surface area contributed by atoms with E-state index in [1.165, 1.54) is 0 Å². The van der Waals surface area contributed by atoms with Gasteiger partial charge in [0, 0.05) is 11.3 Å². The zero-order valence-corrected chi connectivity index (χ0v) is 15.5. The summed E-state index contributed by atoms with van der Waals surface area (Å²) in [6, 6.07) is 12.9. The molecule has 7 heteroatoms. The number of terminal acetylenes is 1. The van der Waals surface area contributed by atoms with Crippen molar-refractivity contribution in [3.8, 4) is 18.1 Å². The highest BCUT2D eigenvalue weighted by Crippen LogP contribution is 2.30. The van der Waals surface area contributed by atoms with Gasteiger partial charge >= 0.3 is 6.03 Å². The number of methoxy groups -OCH3 is 1. The summed E-state index contributed by atoms with van der Waals surface area (Å²) in [5.74, 6) is 2.10. The first-order chi connectivity index (χ1) is 13.4. The van der Waals surface area contributed by atoms with Crippen LogP contribution in [0.3, 0.4) is 0 Å². The van der Waals surface area contributed by atoms with E-state index in [-0.39, 0.29) is 0 Å². The normalized spacial score (nSPS) is 18.4.